The molecule has 0 unspecified atom stereocenters. The number of aryl methyl sites for hydroxylation is 1. The molecule has 1 aromatic carbocycles. The van der Waals surface area contributed by atoms with E-state index >= 15 is 0 Å². The molecule has 0 atom stereocenters. The molecule has 1 fully saturated rings. The SMILES string of the molecule is COc1cc2nc(N3CCN(C(=O)c4cc(C)no4)CC3)nc(N)c2cc1OC.Cl. The molecular formula is C19H23ClN6O4. The van der Waals surface area contributed by atoms with Crippen LogP contribution in [0.3, 0.4) is 0 Å². The van der Waals surface area contributed by atoms with Crippen molar-refractivity contribution in [3.63, 3.8) is 0 Å². The van der Waals surface area contributed by atoms with Gasteiger partial charge in [0, 0.05) is 43.7 Å². The maximum atomic E-state index is 12.5. The zero-order chi connectivity index (χ0) is 20.5. The van der Waals surface area contributed by atoms with Gasteiger partial charge in [-0.25, -0.2) is 4.98 Å². The van der Waals surface area contributed by atoms with Crippen LogP contribution >= 0.6 is 12.4 Å². The summed E-state index contributed by atoms with van der Waals surface area (Å²) in [5.41, 5.74) is 7.52. The highest BCUT2D eigenvalue weighted by Crippen LogP contribution is 2.34. The van der Waals surface area contributed by atoms with E-state index in [1.807, 2.05) is 4.90 Å². The first kappa shape index (κ1) is 21.4. The van der Waals surface area contributed by atoms with E-state index in [9.17, 15) is 4.79 Å². The Labute approximate surface area is 179 Å². The number of amides is 1. The number of aromatic nitrogens is 3. The van der Waals surface area contributed by atoms with Crippen molar-refractivity contribution in [3.8, 4) is 11.5 Å². The molecule has 11 heteroatoms. The number of nitrogens with two attached hydrogens (primary N) is 1. The van der Waals surface area contributed by atoms with Gasteiger partial charge in [0.2, 0.25) is 11.7 Å². The maximum Gasteiger partial charge on any atom is 0.292 e. The minimum Gasteiger partial charge on any atom is -0.493 e. The van der Waals surface area contributed by atoms with E-state index in [0.29, 0.717) is 66.0 Å². The molecule has 0 radical (unpaired) electrons. The van der Waals surface area contributed by atoms with Gasteiger partial charge in [0.15, 0.2) is 11.5 Å². The Hall–Kier alpha value is -3.27. The summed E-state index contributed by atoms with van der Waals surface area (Å²) in [6.45, 7) is 3.98. The predicted octanol–water partition coefficient (Wildman–Crippen LogP) is 1.91. The zero-order valence-electron chi connectivity index (χ0n) is 16.9. The number of hydrogen-bond acceptors (Lipinski definition) is 9. The Morgan fingerprint density at radius 2 is 1.73 bits per heavy atom. The lowest BCUT2D eigenvalue weighted by molar-refractivity contribution is 0.0704. The molecule has 30 heavy (non-hydrogen) atoms. The smallest absolute Gasteiger partial charge is 0.292 e. The number of anilines is 2. The van der Waals surface area contributed by atoms with Crippen LogP contribution in [0.2, 0.25) is 0 Å². The Morgan fingerprint density at radius 3 is 2.33 bits per heavy atom. The van der Waals surface area contributed by atoms with E-state index in [1.54, 1.807) is 44.2 Å². The molecule has 2 N–H and O–H groups in total. The number of carbonyl (C=O) groups excluding carboxylic acids is 1. The average molecular weight is 435 g/mol. The highest BCUT2D eigenvalue weighted by atomic mass is 35.5. The van der Waals surface area contributed by atoms with Gasteiger partial charge in [0.05, 0.1) is 25.4 Å². The summed E-state index contributed by atoms with van der Waals surface area (Å²) < 4.78 is 15.8. The molecule has 10 nitrogen and oxygen atoms in total. The van der Waals surface area contributed by atoms with Gasteiger partial charge in [-0.2, -0.15) is 4.98 Å². The van der Waals surface area contributed by atoms with Gasteiger partial charge in [0.1, 0.15) is 5.82 Å². The van der Waals surface area contributed by atoms with Gasteiger partial charge in [-0.15, -0.1) is 12.4 Å². The molecule has 0 saturated carbocycles. The zero-order valence-corrected chi connectivity index (χ0v) is 17.7. The standard InChI is InChI=1S/C19H22N6O4.ClH/c1-11-8-16(29-23-11)18(26)24-4-6-25(7-5-24)19-21-13-10-15(28-3)14(27-2)9-12(13)17(20)22-19;/h8-10H,4-7H2,1-3H3,(H2,20,21,22);1H. The lowest BCUT2D eigenvalue weighted by Crippen LogP contribution is -2.49. The molecule has 0 bridgehead atoms. The molecule has 1 aliphatic rings. The number of piperazine rings is 1. The van der Waals surface area contributed by atoms with Crippen molar-refractivity contribution in [2.75, 3.05) is 51.0 Å². The minimum atomic E-state index is -0.166. The largest absolute Gasteiger partial charge is 0.493 e. The molecular weight excluding hydrogens is 412 g/mol. The second-order valence-corrected chi connectivity index (χ2v) is 6.74. The second-order valence-electron chi connectivity index (χ2n) is 6.74. The third kappa shape index (κ3) is 3.90. The monoisotopic (exact) mass is 434 g/mol. The van der Waals surface area contributed by atoms with Gasteiger partial charge < -0.3 is 29.5 Å². The first-order chi connectivity index (χ1) is 14.0. The first-order valence-corrected chi connectivity index (χ1v) is 9.17. The number of halogens is 1. The molecule has 1 amide bonds. The van der Waals surface area contributed by atoms with Gasteiger partial charge in [0.25, 0.3) is 5.91 Å². The molecule has 160 valence electrons. The fraction of sp³-hybridized carbons (Fsp3) is 0.368. The van der Waals surface area contributed by atoms with Crippen LogP contribution in [0, 0.1) is 6.92 Å². The summed E-state index contributed by atoms with van der Waals surface area (Å²) >= 11 is 0. The van der Waals surface area contributed by atoms with E-state index in [2.05, 4.69) is 15.1 Å². The summed E-state index contributed by atoms with van der Waals surface area (Å²) in [6, 6.07) is 5.19. The first-order valence-electron chi connectivity index (χ1n) is 9.17. The predicted molar refractivity (Wildman–Crippen MR) is 114 cm³/mol. The molecule has 0 aliphatic carbocycles. The van der Waals surface area contributed by atoms with Crippen LogP contribution in [0.1, 0.15) is 16.2 Å². The fourth-order valence-electron chi connectivity index (χ4n) is 3.34. The van der Waals surface area contributed by atoms with Crippen molar-refractivity contribution in [2.45, 2.75) is 6.92 Å². The van der Waals surface area contributed by atoms with E-state index in [0.717, 1.165) is 0 Å². The van der Waals surface area contributed by atoms with E-state index in [-0.39, 0.29) is 24.1 Å². The van der Waals surface area contributed by atoms with Crippen molar-refractivity contribution < 1.29 is 18.8 Å². The normalized spacial score (nSPS) is 13.8. The van der Waals surface area contributed by atoms with E-state index < -0.39 is 0 Å². The van der Waals surface area contributed by atoms with Crippen LogP contribution in [-0.4, -0.2) is 66.3 Å². The topological polar surface area (TPSA) is 120 Å². The minimum absolute atomic E-state index is 0. The third-order valence-corrected chi connectivity index (χ3v) is 4.91. The number of hydrogen-bond donors (Lipinski definition) is 1. The van der Waals surface area contributed by atoms with Crippen LogP contribution < -0.4 is 20.1 Å². The number of fused-ring (bicyclic) bond motifs is 1. The van der Waals surface area contributed by atoms with Crippen molar-refractivity contribution >= 4 is 41.0 Å². The van der Waals surface area contributed by atoms with Crippen LogP contribution in [0.5, 0.6) is 11.5 Å². The van der Waals surface area contributed by atoms with E-state index in [4.69, 9.17) is 19.7 Å². The average Bonchev–Trinajstić information content (AvgIpc) is 3.18. The molecule has 4 rings (SSSR count). The number of nitrogens with zero attached hydrogens (tertiary/aromatic N) is 5. The Balaban J connectivity index is 0.00000256. The van der Waals surface area contributed by atoms with Crippen molar-refractivity contribution in [2.24, 2.45) is 0 Å². The lowest BCUT2D eigenvalue weighted by Gasteiger charge is -2.34. The molecule has 0 spiro atoms. The molecule has 3 aromatic rings. The van der Waals surface area contributed by atoms with Crippen molar-refractivity contribution in [3.05, 3.63) is 29.7 Å². The van der Waals surface area contributed by atoms with Crippen LogP contribution in [-0.2, 0) is 0 Å². The number of ether oxygens (including phenoxy) is 2. The number of benzene rings is 1. The number of nitrogen functional groups attached to an aromatic ring is 1. The van der Waals surface area contributed by atoms with Crippen LogP contribution in [0.15, 0.2) is 22.7 Å². The Kier molecular flexibility index (Phi) is 6.16. The molecule has 3 heterocycles. The maximum absolute atomic E-state index is 12.5. The summed E-state index contributed by atoms with van der Waals surface area (Å²) in [7, 11) is 3.14. The number of methoxy groups -OCH3 is 2. The number of rotatable bonds is 4. The third-order valence-electron chi connectivity index (χ3n) is 4.91. The summed E-state index contributed by atoms with van der Waals surface area (Å²) in [4.78, 5) is 25.3. The van der Waals surface area contributed by atoms with Gasteiger partial charge >= 0.3 is 0 Å². The number of carbonyl (C=O) groups is 1. The highest BCUT2D eigenvalue weighted by Gasteiger charge is 2.26. The van der Waals surface area contributed by atoms with E-state index in [1.165, 1.54) is 0 Å². The molecule has 1 aliphatic heterocycles. The molecule has 2 aromatic heterocycles. The second kappa shape index (κ2) is 8.62. The summed E-state index contributed by atoms with van der Waals surface area (Å²) in [5.74, 6) is 2.11. The van der Waals surface area contributed by atoms with Crippen LogP contribution in [0.25, 0.3) is 10.9 Å². The Bertz CT molecular complexity index is 1060. The lowest BCUT2D eigenvalue weighted by atomic mass is 10.2. The Morgan fingerprint density at radius 1 is 1.07 bits per heavy atom. The highest BCUT2D eigenvalue weighted by molar-refractivity contribution is 5.92. The summed E-state index contributed by atoms with van der Waals surface area (Å²) in [5, 5.41) is 4.47. The van der Waals surface area contributed by atoms with Gasteiger partial charge in [-0.05, 0) is 13.0 Å². The van der Waals surface area contributed by atoms with Gasteiger partial charge in [-0.1, -0.05) is 5.16 Å². The van der Waals surface area contributed by atoms with Crippen molar-refractivity contribution in [1.29, 1.82) is 0 Å². The fourth-order valence-corrected chi connectivity index (χ4v) is 3.34. The van der Waals surface area contributed by atoms with Crippen molar-refractivity contribution in [1.82, 2.24) is 20.0 Å². The molecule has 1 saturated heterocycles. The summed E-state index contributed by atoms with van der Waals surface area (Å²) in [6.07, 6.45) is 0. The quantitative estimate of drug-likeness (QED) is 0.656. The van der Waals surface area contributed by atoms with Gasteiger partial charge in [-0.3, -0.25) is 4.79 Å². The van der Waals surface area contributed by atoms with Crippen LogP contribution in [0.4, 0.5) is 11.8 Å².